The first kappa shape index (κ1) is 15.3. The molecule has 4 unspecified atom stereocenters. The van der Waals surface area contributed by atoms with E-state index < -0.39 is 0 Å². The largest absolute Gasteiger partial charge is 0.299 e. The van der Waals surface area contributed by atoms with E-state index in [1.807, 2.05) is 48.5 Å². The molecule has 0 radical (unpaired) electrons. The molecule has 2 heteroatoms. The van der Waals surface area contributed by atoms with Crippen molar-refractivity contribution in [2.45, 2.75) is 31.6 Å². The highest BCUT2D eigenvalue weighted by Crippen LogP contribution is 2.49. The van der Waals surface area contributed by atoms with Gasteiger partial charge in [-0.2, -0.15) is 0 Å². The molecular formula is C22H22O2. The van der Waals surface area contributed by atoms with Gasteiger partial charge in [-0.1, -0.05) is 67.1 Å². The van der Waals surface area contributed by atoms with Crippen molar-refractivity contribution in [3.05, 3.63) is 71.8 Å². The first-order chi connectivity index (χ1) is 11.8. The minimum absolute atomic E-state index is 0.0116. The van der Waals surface area contributed by atoms with Gasteiger partial charge in [-0.05, 0) is 24.8 Å². The van der Waals surface area contributed by atoms with Crippen molar-refractivity contribution >= 4 is 11.6 Å². The molecule has 24 heavy (non-hydrogen) atoms. The normalized spacial score (nSPS) is 29.2. The number of carbonyl (C=O) groups excluding carboxylic acids is 2. The minimum atomic E-state index is -0.0807. The maximum atomic E-state index is 13.2. The lowest BCUT2D eigenvalue weighted by atomic mass is 9.58. The summed E-state index contributed by atoms with van der Waals surface area (Å²) >= 11 is 0. The quantitative estimate of drug-likeness (QED) is 0.771. The van der Waals surface area contributed by atoms with Gasteiger partial charge in [-0.25, -0.2) is 0 Å². The molecule has 4 rings (SSSR count). The average molecular weight is 318 g/mol. The van der Waals surface area contributed by atoms with E-state index >= 15 is 0 Å². The Hall–Kier alpha value is -2.22. The minimum Gasteiger partial charge on any atom is -0.299 e. The standard InChI is InChI=1S/C22H22O2/c23-21(16-10-5-2-6-11-16)19-14-17-12-7-13-18(22(17)24)20(19)15-8-3-1-4-9-15/h1-6,8-11,17-20H,7,12-14H2. The van der Waals surface area contributed by atoms with Crippen LogP contribution in [-0.2, 0) is 4.79 Å². The topological polar surface area (TPSA) is 34.1 Å². The van der Waals surface area contributed by atoms with E-state index in [0.29, 0.717) is 12.2 Å². The molecule has 2 nitrogen and oxygen atoms in total. The van der Waals surface area contributed by atoms with E-state index in [0.717, 1.165) is 30.4 Å². The lowest BCUT2D eigenvalue weighted by molar-refractivity contribution is -0.134. The first-order valence-electron chi connectivity index (χ1n) is 8.93. The summed E-state index contributed by atoms with van der Waals surface area (Å²) in [5.41, 5.74) is 1.92. The zero-order chi connectivity index (χ0) is 16.5. The summed E-state index contributed by atoms with van der Waals surface area (Å²) in [5, 5.41) is 0. The first-order valence-corrected chi connectivity index (χ1v) is 8.93. The van der Waals surface area contributed by atoms with Gasteiger partial charge in [0.1, 0.15) is 5.78 Å². The van der Waals surface area contributed by atoms with Crippen LogP contribution in [0.1, 0.15) is 47.5 Å². The summed E-state index contributed by atoms with van der Waals surface area (Å²) in [5.74, 6) is 0.644. The maximum absolute atomic E-state index is 13.2. The second-order valence-electron chi connectivity index (χ2n) is 7.15. The Balaban J connectivity index is 1.75. The third-order valence-corrected chi connectivity index (χ3v) is 5.82. The molecule has 2 aliphatic carbocycles. The Labute approximate surface area is 142 Å². The summed E-state index contributed by atoms with van der Waals surface area (Å²) in [4.78, 5) is 26.0. The molecule has 122 valence electrons. The summed E-state index contributed by atoms with van der Waals surface area (Å²) < 4.78 is 0. The number of rotatable bonds is 3. The molecular weight excluding hydrogens is 296 g/mol. The van der Waals surface area contributed by atoms with Gasteiger partial charge in [0.05, 0.1) is 0 Å². The van der Waals surface area contributed by atoms with Crippen LogP contribution < -0.4 is 0 Å². The second-order valence-corrected chi connectivity index (χ2v) is 7.15. The molecule has 0 amide bonds. The van der Waals surface area contributed by atoms with Crippen LogP contribution in [0.4, 0.5) is 0 Å². The highest BCUT2D eigenvalue weighted by atomic mass is 16.1. The fourth-order valence-corrected chi connectivity index (χ4v) is 4.72. The van der Waals surface area contributed by atoms with Gasteiger partial charge in [-0.15, -0.1) is 0 Å². The number of ketones is 2. The van der Waals surface area contributed by atoms with Crippen LogP contribution in [0, 0.1) is 17.8 Å². The molecule has 0 saturated heterocycles. The molecule has 2 aliphatic rings. The van der Waals surface area contributed by atoms with Crippen LogP contribution in [0.15, 0.2) is 60.7 Å². The Bertz CT molecular complexity index is 735. The highest BCUT2D eigenvalue weighted by Gasteiger charge is 2.48. The molecule has 4 atom stereocenters. The smallest absolute Gasteiger partial charge is 0.166 e. The Kier molecular flexibility index (Phi) is 4.05. The predicted molar refractivity (Wildman–Crippen MR) is 93.9 cm³/mol. The highest BCUT2D eigenvalue weighted by molar-refractivity contribution is 6.00. The van der Waals surface area contributed by atoms with E-state index in [9.17, 15) is 9.59 Å². The van der Waals surface area contributed by atoms with Gasteiger partial charge in [0.15, 0.2) is 5.78 Å². The van der Waals surface area contributed by atoms with Gasteiger partial charge in [0.2, 0.25) is 0 Å². The average Bonchev–Trinajstić information content (AvgIpc) is 2.62. The lowest BCUT2D eigenvalue weighted by Gasteiger charge is -2.43. The molecule has 2 fully saturated rings. The van der Waals surface area contributed by atoms with E-state index in [1.165, 1.54) is 0 Å². The predicted octanol–water partition coefficient (Wildman–Crippen LogP) is 4.66. The van der Waals surface area contributed by atoms with Gasteiger partial charge < -0.3 is 0 Å². The number of carbonyl (C=O) groups is 2. The zero-order valence-corrected chi connectivity index (χ0v) is 13.7. The zero-order valence-electron chi connectivity index (χ0n) is 13.7. The van der Waals surface area contributed by atoms with Crippen molar-refractivity contribution in [2.75, 3.05) is 0 Å². The van der Waals surface area contributed by atoms with Crippen LogP contribution in [0.3, 0.4) is 0 Å². The van der Waals surface area contributed by atoms with Crippen LogP contribution in [-0.4, -0.2) is 11.6 Å². The summed E-state index contributed by atoms with van der Waals surface area (Å²) in [7, 11) is 0. The number of Topliss-reactive ketones (excluding diaryl/α,β-unsaturated/α-hetero) is 2. The van der Waals surface area contributed by atoms with Crippen LogP contribution in [0.25, 0.3) is 0 Å². The van der Waals surface area contributed by atoms with Crippen molar-refractivity contribution in [1.29, 1.82) is 0 Å². The van der Waals surface area contributed by atoms with E-state index in [4.69, 9.17) is 0 Å². The fourth-order valence-electron chi connectivity index (χ4n) is 4.72. The van der Waals surface area contributed by atoms with Gasteiger partial charge in [0.25, 0.3) is 0 Å². The van der Waals surface area contributed by atoms with Gasteiger partial charge in [-0.3, -0.25) is 9.59 Å². The van der Waals surface area contributed by atoms with E-state index in [2.05, 4.69) is 12.1 Å². The number of fused-ring (bicyclic) bond motifs is 2. The summed E-state index contributed by atoms with van der Waals surface area (Å²) in [6.07, 6.45) is 3.70. The third-order valence-electron chi connectivity index (χ3n) is 5.82. The molecule has 0 heterocycles. The van der Waals surface area contributed by atoms with Crippen molar-refractivity contribution < 1.29 is 9.59 Å². The van der Waals surface area contributed by atoms with Crippen molar-refractivity contribution in [3.63, 3.8) is 0 Å². The number of hydrogen-bond acceptors (Lipinski definition) is 2. The van der Waals surface area contributed by atoms with Crippen LogP contribution >= 0.6 is 0 Å². The van der Waals surface area contributed by atoms with E-state index in [1.54, 1.807) is 0 Å². The third kappa shape index (κ3) is 2.60. The number of hydrogen-bond donors (Lipinski definition) is 0. The second kappa shape index (κ2) is 6.35. The Morgan fingerprint density at radius 1 is 0.875 bits per heavy atom. The van der Waals surface area contributed by atoms with Crippen molar-refractivity contribution in [2.24, 2.45) is 17.8 Å². The fraction of sp³-hybridized carbons (Fsp3) is 0.364. The van der Waals surface area contributed by atoms with Gasteiger partial charge >= 0.3 is 0 Å². The lowest BCUT2D eigenvalue weighted by Crippen LogP contribution is -2.44. The molecule has 2 aromatic carbocycles. The summed E-state index contributed by atoms with van der Waals surface area (Å²) in [6.45, 7) is 0. The molecule has 2 saturated carbocycles. The molecule has 2 bridgehead atoms. The molecule has 0 aromatic heterocycles. The molecule has 2 aromatic rings. The SMILES string of the molecule is O=C(c1ccccc1)C1CC2CCCC(C2=O)C1c1ccccc1. The van der Waals surface area contributed by atoms with E-state index in [-0.39, 0.29) is 29.5 Å². The Morgan fingerprint density at radius 2 is 1.54 bits per heavy atom. The molecule has 0 spiro atoms. The maximum Gasteiger partial charge on any atom is 0.166 e. The summed E-state index contributed by atoms with van der Waals surface area (Å²) in [6, 6.07) is 19.7. The van der Waals surface area contributed by atoms with Crippen molar-refractivity contribution in [1.82, 2.24) is 0 Å². The van der Waals surface area contributed by atoms with Gasteiger partial charge in [0, 0.05) is 29.2 Å². The molecule has 0 aliphatic heterocycles. The van der Waals surface area contributed by atoms with Crippen LogP contribution in [0.5, 0.6) is 0 Å². The van der Waals surface area contributed by atoms with Crippen LogP contribution in [0.2, 0.25) is 0 Å². The Morgan fingerprint density at radius 3 is 2.25 bits per heavy atom. The monoisotopic (exact) mass is 318 g/mol. The van der Waals surface area contributed by atoms with Crippen molar-refractivity contribution in [3.8, 4) is 0 Å². The molecule has 0 N–H and O–H groups in total. The number of benzene rings is 2.